The second-order valence-corrected chi connectivity index (χ2v) is 5.33. The van der Waals surface area contributed by atoms with E-state index < -0.39 is 10.0 Å². The molecule has 2 rings (SSSR count). The molecule has 0 aliphatic heterocycles. The van der Waals surface area contributed by atoms with Crippen LogP contribution in [0.25, 0.3) is 0 Å². The molecule has 0 radical (unpaired) electrons. The summed E-state index contributed by atoms with van der Waals surface area (Å²) in [5.74, 6) is 0. The number of hydrogen-bond donors (Lipinski definition) is 1. The highest BCUT2D eigenvalue weighted by molar-refractivity contribution is 7.93. The molecule has 0 aliphatic carbocycles. The quantitative estimate of drug-likeness (QED) is 0.937. The van der Waals surface area contributed by atoms with Crippen molar-refractivity contribution < 1.29 is 8.42 Å². The maximum absolute atomic E-state index is 11.8. The smallest absolute Gasteiger partial charge is 0.255 e. The Labute approximate surface area is 113 Å². The Balaban J connectivity index is 0.000000917. The molecule has 1 aromatic carbocycles. The Hall–Kier alpha value is -1.40. The first-order chi connectivity index (χ1) is 8.18. The number of hydrogen-bond acceptors (Lipinski definition) is 4. The van der Waals surface area contributed by atoms with Gasteiger partial charge in [-0.3, -0.25) is 4.72 Å². The highest BCUT2D eigenvalue weighted by Gasteiger charge is 2.13. The fourth-order valence-corrected chi connectivity index (χ4v) is 2.86. The second-order valence-electron chi connectivity index (χ2n) is 2.76. The van der Waals surface area contributed by atoms with Crippen LogP contribution in [0.1, 0.15) is 21.3 Å². The van der Waals surface area contributed by atoms with Crippen LogP contribution in [0.4, 0.5) is 5.13 Å². The van der Waals surface area contributed by atoms with Crippen LogP contribution in [0.3, 0.4) is 0 Å². The number of nitrogens with one attached hydrogen (secondary N) is 1. The molecular formula is C12H18N2O2S2. The topological polar surface area (TPSA) is 59.1 Å². The third kappa shape index (κ3) is 4.46. The Morgan fingerprint density at radius 2 is 1.78 bits per heavy atom. The molecular weight excluding hydrogens is 268 g/mol. The van der Waals surface area contributed by atoms with Crippen molar-refractivity contribution >= 4 is 26.5 Å². The summed E-state index contributed by atoms with van der Waals surface area (Å²) in [5.41, 5.74) is 0. The predicted molar refractivity (Wildman–Crippen MR) is 77.4 cm³/mol. The summed E-state index contributed by atoms with van der Waals surface area (Å²) in [6.07, 6.45) is 1.55. The van der Waals surface area contributed by atoms with Crippen molar-refractivity contribution in [3.05, 3.63) is 41.9 Å². The number of thiazole rings is 1. The number of nitrogens with zero attached hydrogens (tertiary/aromatic N) is 1. The summed E-state index contributed by atoms with van der Waals surface area (Å²) in [5, 5.41) is 2.09. The molecule has 0 saturated heterocycles. The molecule has 0 atom stereocenters. The van der Waals surface area contributed by atoms with Crippen molar-refractivity contribution in [3.8, 4) is 0 Å². The molecule has 100 valence electrons. The summed E-state index contributed by atoms with van der Waals surface area (Å²) in [6, 6.07) is 8.20. The minimum absolute atomic E-state index is 0. The van der Waals surface area contributed by atoms with Crippen molar-refractivity contribution in [1.29, 1.82) is 0 Å². The van der Waals surface area contributed by atoms with E-state index in [2.05, 4.69) is 9.71 Å². The Morgan fingerprint density at radius 3 is 2.28 bits per heavy atom. The van der Waals surface area contributed by atoms with E-state index in [0.29, 0.717) is 5.13 Å². The standard InChI is InChI=1S/C9H8N2O2S2.C2H6.CH4/c12-15(13,8-4-2-1-3-5-8)11-9-10-6-7-14-9;1-2;/h1-7H,(H,10,11);1-2H3;1H4. The average Bonchev–Trinajstić information content (AvgIpc) is 2.85. The van der Waals surface area contributed by atoms with Crippen LogP contribution >= 0.6 is 11.3 Å². The van der Waals surface area contributed by atoms with Crippen molar-refractivity contribution in [2.75, 3.05) is 4.72 Å². The zero-order chi connectivity index (χ0) is 12.7. The molecule has 1 heterocycles. The second kappa shape index (κ2) is 7.84. The van der Waals surface area contributed by atoms with Crippen LogP contribution in [0.2, 0.25) is 0 Å². The van der Waals surface area contributed by atoms with E-state index in [1.54, 1.807) is 29.8 Å². The third-order valence-corrected chi connectivity index (χ3v) is 3.88. The molecule has 4 nitrogen and oxygen atoms in total. The van der Waals surface area contributed by atoms with E-state index in [0.717, 1.165) is 0 Å². The van der Waals surface area contributed by atoms with E-state index in [-0.39, 0.29) is 12.3 Å². The van der Waals surface area contributed by atoms with Crippen LogP contribution in [-0.4, -0.2) is 13.4 Å². The maximum Gasteiger partial charge on any atom is 0.263 e. The molecule has 0 amide bonds. The number of rotatable bonds is 3. The van der Waals surface area contributed by atoms with Gasteiger partial charge in [-0.05, 0) is 12.1 Å². The average molecular weight is 286 g/mol. The van der Waals surface area contributed by atoms with E-state index in [4.69, 9.17) is 0 Å². The van der Waals surface area contributed by atoms with Gasteiger partial charge in [0.05, 0.1) is 4.90 Å². The van der Waals surface area contributed by atoms with Gasteiger partial charge in [0, 0.05) is 11.6 Å². The molecule has 0 bridgehead atoms. The van der Waals surface area contributed by atoms with Gasteiger partial charge in [-0.1, -0.05) is 39.5 Å². The minimum Gasteiger partial charge on any atom is -0.255 e. The summed E-state index contributed by atoms with van der Waals surface area (Å²) in [7, 11) is -3.49. The van der Waals surface area contributed by atoms with Crippen molar-refractivity contribution in [1.82, 2.24) is 4.98 Å². The van der Waals surface area contributed by atoms with E-state index in [9.17, 15) is 8.42 Å². The van der Waals surface area contributed by atoms with Gasteiger partial charge in [-0.15, -0.1) is 11.3 Å². The third-order valence-electron chi connectivity index (χ3n) is 1.71. The van der Waals surface area contributed by atoms with Crippen LogP contribution in [0.5, 0.6) is 0 Å². The fraction of sp³-hybridized carbons (Fsp3) is 0.250. The lowest BCUT2D eigenvalue weighted by Gasteiger charge is -2.03. The monoisotopic (exact) mass is 286 g/mol. The predicted octanol–water partition coefficient (Wildman–Crippen LogP) is 3.61. The first kappa shape index (κ1) is 16.6. The molecule has 0 unspecified atom stereocenters. The summed E-state index contributed by atoms with van der Waals surface area (Å²) < 4.78 is 25.9. The van der Waals surface area contributed by atoms with E-state index >= 15 is 0 Å². The molecule has 1 N–H and O–H groups in total. The lowest BCUT2D eigenvalue weighted by atomic mass is 10.4. The SMILES string of the molecule is C.CC.O=S(=O)(Nc1nccs1)c1ccccc1. The Bertz CT molecular complexity index is 522. The van der Waals surface area contributed by atoms with Crippen LogP contribution in [-0.2, 0) is 10.0 Å². The van der Waals surface area contributed by atoms with Gasteiger partial charge in [0.15, 0.2) is 5.13 Å². The lowest BCUT2D eigenvalue weighted by molar-refractivity contribution is 0.601. The number of aromatic nitrogens is 1. The first-order valence-corrected chi connectivity index (χ1v) is 7.52. The summed E-state index contributed by atoms with van der Waals surface area (Å²) in [4.78, 5) is 4.09. The van der Waals surface area contributed by atoms with Gasteiger partial charge in [0.1, 0.15) is 0 Å². The van der Waals surface area contributed by atoms with Crippen molar-refractivity contribution in [2.45, 2.75) is 26.2 Å². The maximum atomic E-state index is 11.8. The van der Waals surface area contributed by atoms with Crippen LogP contribution < -0.4 is 4.72 Å². The van der Waals surface area contributed by atoms with Crippen LogP contribution in [0, 0.1) is 0 Å². The van der Waals surface area contributed by atoms with Crippen molar-refractivity contribution in [3.63, 3.8) is 0 Å². The van der Waals surface area contributed by atoms with Gasteiger partial charge in [-0.25, -0.2) is 13.4 Å². The normalized spacial score (nSPS) is 9.67. The number of sulfonamides is 1. The van der Waals surface area contributed by atoms with Gasteiger partial charge in [0.25, 0.3) is 10.0 Å². The van der Waals surface area contributed by atoms with Gasteiger partial charge in [-0.2, -0.15) is 0 Å². The molecule has 0 spiro atoms. The first-order valence-electron chi connectivity index (χ1n) is 5.16. The number of anilines is 1. The molecule has 1 aromatic heterocycles. The highest BCUT2D eigenvalue weighted by atomic mass is 32.2. The summed E-state index contributed by atoms with van der Waals surface area (Å²) in [6.45, 7) is 4.00. The molecule has 18 heavy (non-hydrogen) atoms. The highest BCUT2D eigenvalue weighted by Crippen LogP contribution is 2.17. The molecule has 0 aliphatic rings. The minimum atomic E-state index is -3.49. The molecule has 0 fully saturated rings. The zero-order valence-electron chi connectivity index (χ0n) is 9.62. The number of benzene rings is 1. The largest absolute Gasteiger partial charge is 0.263 e. The molecule has 0 saturated carbocycles. The van der Waals surface area contributed by atoms with Crippen LogP contribution in [0.15, 0.2) is 46.8 Å². The zero-order valence-corrected chi connectivity index (χ0v) is 11.3. The molecule has 2 aromatic rings. The van der Waals surface area contributed by atoms with E-state index in [1.807, 2.05) is 13.8 Å². The van der Waals surface area contributed by atoms with E-state index in [1.165, 1.54) is 23.5 Å². The van der Waals surface area contributed by atoms with Gasteiger partial charge < -0.3 is 0 Å². The lowest BCUT2D eigenvalue weighted by Crippen LogP contribution is -2.12. The fourth-order valence-electron chi connectivity index (χ4n) is 1.05. The van der Waals surface area contributed by atoms with Gasteiger partial charge >= 0.3 is 0 Å². The molecule has 6 heteroatoms. The summed E-state index contributed by atoms with van der Waals surface area (Å²) >= 11 is 1.24. The van der Waals surface area contributed by atoms with Gasteiger partial charge in [0.2, 0.25) is 0 Å². The Kier molecular flexibility index (Phi) is 7.23. The Morgan fingerprint density at radius 1 is 1.17 bits per heavy atom. The van der Waals surface area contributed by atoms with Crippen molar-refractivity contribution in [2.24, 2.45) is 0 Å².